The molecule has 0 atom stereocenters. The molecule has 0 bridgehead atoms. The molecule has 0 radical (unpaired) electrons. The zero-order valence-corrected chi connectivity index (χ0v) is 7.20. The van der Waals surface area contributed by atoms with E-state index in [4.69, 9.17) is 0 Å². The SMILES string of the molecule is C.C.C[N+](C)(C)CS(C)(=O)=O. The predicted octanol–water partition coefficient (Wildman–Crippen LogP) is 0.967. The van der Waals surface area contributed by atoms with E-state index in [0.29, 0.717) is 4.48 Å². The van der Waals surface area contributed by atoms with Crippen LogP contribution in [0, 0.1) is 0 Å². The van der Waals surface area contributed by atoms with Crippen LogP contribution in [0.15, 0.2) is 0 Å². The number of rotatable bonds is 2. The first-order valence-corrected chi connectivity index (χ1v) is 4.75. The smallest absolute Gasteiger partial charge is 0.197 e. The average molecular weight is 184 g/mol. The molecular formula is C7H22NO2S+. The minimum Gasteiger partial charge on any atom is -0.318 e. The molecule has 0 aliphatic heterocycles. The highest BCUT2D eigenvalue weighted by molar-refractivity contribution is 7.90. The van der Waals surface area contributed by atoms with E-state index in [0.717, 1.165) is 0 Å². The maximum absolute atomic E-state index is 10.6. The number of hydrogen-bond donors (Lipinski definition) is 0. The normalized spacial score (nSPS) is 11.3. The highest BCUT2D eigenvalue weighted by Crippen LogP contribution is 1.93. The van der Waals surface area contributed by atoms with Crippen molar-refractivity contribution >= 4 is 9.84 Å². The fraction of sp³-hybridized carbons (Fsp3) is 1.00. The van der Waals surface area contributed by atoms with Gasteiger partial charge in [-0.15, -0.1) is 0 Å². The third-order valence-corrected chi connectivity index (χ3v) is 1.87. The first kappa shape index (κ1) is 17.1. The summed E-state index contributed by atoms with van der Waals surface area (Å²) in [5.41, 5.74) is 0. The summed E-state index contributed by atoms with van der Waals surface area (Å²) in [7, 11) is 2.74. The summed E-state index contributed by atoms with van der Waals surface area (Å²) in [6.07, 6.45) is 1.25. The Labute approximate surface area is 71.5 Å². The van der Waals surface area contributed by atoms with Crippen LogP contribution in [0.2, 0.25) is 0 Å². The summed E-state index contributed by atoms with van der Waals surface area (Å²) in [6.45, 7) is 0. The molecule has 0 heterocycles. The molecule has 72 valence electrons. The van der Waals surface area contributed by atoms with E-state index < -0.39 is 9.84 Å². The van der Waals surface area contributed by atoms with Gasteiger partial charge in [0.05, 0.1) is 21.1 Å². The van der Waals surface area contributed by atoms with Crippen LogP contribution < -0.4 is 0 Å². The van der Waals surface area contributed by atoms with Crippen molar-refractivity contribution in [3.63, 3.8) is 0 Å². The number of quaternary nitrogens is 1. The molecule has 0 aliphatic rings. The van der Waals surface area contributed by atoms with Crippen LogP contribution in [0.1, 0.15) is 14.9 Å². The zero-order valence-electron chi connectivity index (χ0n) is 6.38. The minimum absolute atomic E-state index is 0. The minimum atomic E-state index is -2.81. The Balaban J connectivity index is -0.000000320. The standard InChI is InChI=1S/C5H14NO2S.2CH4/c1-6(2,3)5-9(4,7)8;;/h5H2,1-4H3;2*1H4/q+1;;. The highest BCUT2D eigenvalue weighted by Gasteiger charge is 2.14. The zero-order chi connectivity index (χ0) is 7.71. The number of sulfone groups is 1. The molecule has 0 rings (SSSR count). The molecule has 0 N–H and O–H groups in total. The van der Waals surface area contributed by atoms with Crippen molar-refractivity contribution < 1.29 is 12.9 Å². The molecule has 11 heavy (non-hydrogen) atoms. The molecule has 0 spiro atoms. The Hall–Kier alpha value is -0.0900. The van der Waals surface area contributed by atoms with Crippen molar-refractivity contribution in [3.05, 3.63) is 0 Å². The molecule has 0 saturated carbocycles. The van der Waals surface area contributed by atoms with E-state index in [-0.39, 0.29) is 20.7 Å². The lowest BCUT2D eigenvalue weighted by atomic mass is 10.8. The summed E-state index contributed by atoms with van der Waals surface area (Å²) in [5.74, 6) is 0.201. The van der Waals surface area contributed by atoms with Gasteiger partial charge in [-0.05, 0) is 0 Å². The van der Waals surface area contributed by atoms with Gasteiger partial charge >= 0.3 is 0 Å². The number of nitrogens with zero attached hydrogens (tertiary/aromatic N) is 1. The molecule has 0 saturated heterocycles. The lowest BCUT2D eigenvalue weighted by Gasteiger charge is -2.21. The van der Waals surface area contributed by atoms with Gasteiger partial charge in [0.1, 0.15) is 0 Å². The monoisotopic (exact) mass is 184 g/mol. The molecule has 0 aromatic rings. The summed E-state index contributed by atoms with van der Waals surface area (Å²) in [4.78, 5) is 0. The maximum atomic E-state index is 10.6. The van der Waals surface area contributed by atoms with E-state index in [1.54, 1.807) is 0 Å². The van der Waals surface area contributed by atoms with Crippen molar-refractivity contribution in [2.45, 2.75) is 14.9 Å². The van der Waals surface area contributed by atoms with Crippen LogP contribution in [0.25, 0.3) is 0 Å². The third kappa shape index (κ3) is 17.8. The van der Waals surface area contributed by atoms with Crippen LogP contribution in [-0.4, -0.2) is 46.2 Å². The van der Waals surface area contributed by atoms with E-state index >= 15 is 0 Å². The van der Waals surface area contributed by atoms with Gasteiger partial charge in [-0.2, -0.15) is 0 Å². The predicted molar refractivity (Wildman–Crippen MR) is 51.2 cm³/mol. The Morgan fingerprint density at radius 2 is 1.36 bits per heavy atom. The largest absolute Gasteiger partial charge is 0.318 e. The van der Waals surface area contributed by atoms with Crippen LogP contribution in [0.4, 0.5) is 0 Å². The molecule has 0 aromatic carbocycles. The summed E-state index contributed by atoms with van der Waals surface area (Å²) < 4.78 is 21.7. The second kappa shape index (κ2) is 4.72. The van der Waals surface area contributed by atoms with E-state index in [1.165, 1.54) is 6.26 Å². The Morgan fingerprint density at radius 3 is 1.36 bits per heavy atom. The van der Waals surface area contributed by atoms with Crippen LogP contribution in [-0.2, 0) is 9.84 Å². The summed E-state index contributed by atoms with van der Waals surface area (Å²) in [6, 6.07) is 0. The van der Waals surface area contributed by atoms with Gasteiger partial charge in [0.15, 0.2) is 15.7 Å². The first-order valence-electron chi connectivity index (χ1n) is 2.69. The first-order chi connectivity index (χ1) is 3.71. The summed E-state index contributed by atoms with van der Waals surface area (Å²) in [5, 5.41) is 0. The van der Waals surface area contributed by atoms with E-state index in [1.807, 2.05) is 21.1 Å². The Kier molecular flexibility index (Phi) is 7.35. The molecule has 0 amide bonds. The van der Waals surface area contributed by atoms with Gasteiger partial charge < -0.3 is 4.48 Å². The molecular weight excluding hydrogens is 162 g/mol. The third-order valence-electron chi connectivity index (χ3n) is 0.622. The maximum Gasteiger partial charge on any atom is 0.197 e. The van der Waals surface area contributed by atoms with E-state index in [9.17, 15) is 8.42 Å². The van der Waals surface area contributed by atoms with Crippen LogP contribution >= 0.6 is 0 Å². The quantitative estimate of drug-likeness (QED) is 0.599. The Morgan fingerprint density at radius 1 is 1.09 bits per heavy atom. The molecule has 0 aromatic heterocycles. The molecule has 0 aliphatic carbocycles. The van der Waals surface area contributed by atoms with Crippen molar-refractivity contribution in [2.75, 3.05) is 33.3 Å². The second-order valence-electron chi connectivity index (χ2n) is 3.35. The van der Waals surface area contributed by atoms with Crippen LogP contribution in [0.3, 0.4) is 0 Å². The molecule has 0 fully saturated rings. The van der Waals surface area contributed by atoms with Crippen molar-refractivity contribution in [1.82, 2.24) is 0 Å². The van der Waals surface area contributed by atoms with Gasteiger partial charge in [-0.3, -0.25) is 0 Å². The van der Waals surface area contributed by atoms with Crippen LogP contribution in [0.5, 0.6) is 0 Å². The molecule has 0 unspecified atom stereocenters. The van der Waals surface area contributed by atoms with Crippen molar-refractivity contribution in [3.8, 4) is 0 Å². The Bertz CT molecular complexity index is 177. The highest BCUT2D eigenvalue weighted by atomic mass is 32.2. The second-order valence-corrected chi connectivity index (χ2v) is 5.45. The van der Waals surface area contributed by atoms with Gasteiger partial charge in [0.2, 0.25) is 0 Å². The van der Waals surface area contributed by atoms with Crippen molar-refractivity contribution in [1.29, 1.82) is 0 Å². The topological polar surface area (TPSA) is 34.1 Å². The fourth-order valence-corrected chi connectivity index (χ4v) is 2.11. The average Bonchev–Trinajstić information content (AvgIpc) is 1.14. The number of hydrogen-bond acceptors (Lipinski definition) is 2. The van der Waals surface area contributed by atoms with Gasteiger partial charge in [0, 0.05) is 6.26 Å². The van der Waals surface area contributed by atoms with Crippen molar-refractivity contribution in [2.24, 2.45) is 0 Å². The lowest BCUT2D eigenvalue weighted by Crippen LogP contribution is -2.38. The fourth-order valence-electron chi connectivity index (χ4n) is 0.704. The lowest BCUT2D eigenvalue weighted by molar-refractivity contribution is -0.857. The van der Waals surface area contributed by atoms with Gasteiger partial charge in [0.25, 0.3) is 0 Å². The summed E-state index contributed by atoms with van der Waals surface area (Å²) >= 11 is 0. The van der Waals surface area contributed by atoms with Gasteiger partial charge in [-0.1, -0.05) is 14.9 Å². The molecule has 3 nitrogen and oxygen atoms in total. The van der Waals surface area contributed by atoms with Gasteiger partial charge in [-0.25, -0.2) is 8.42 Å². The van der Waals surface area contributed by atoms with E-state index in [2.05, 4.69) is 0 Å². The molecule has 4 heteroatoms.